The van der Waals surface area contributed by atoms with Gasteiger partial charge in [-0.2, -0.15) is 0 Å². The highest BCUT2D eigenvalue weighted by Crippen LogP contribution is 1.98. The van der Waals surface area contributed by atoms with E-state index in [0.29, 0.717) is 0 Å². The van der Waals surface area contributed by atoms with E-state index in [1.54, 1.807) is 0 Å². The first-order valence-electron chi connectivity index (χ1n) is 4.11. The molecule has 0 rings (SSSR count). The zero-order chi connectivity index (χ0) is 12.2. The van der Waals surface area contributed by atoms with Crippen molar-refractivity contribution in [3.05, 3.63) is 0 Å². The van der Waals surface area contributed by atoms with Gasteiger partial charge in [0, 0.05) is 7.05 Å². The molecule has 2 N–H and O–H groups in total. The van der Waals surface area contributed by atoms with Crippen molar-refractivity contribution in [2.24, 2.45) is 0 Å². The van der Waals surface area contributed by atoms with Crippen molar-refractivity contribution in [3.8, 4) is 0 Å². The summed E-state index contributed by atoms with van der Waals surface area (Å²) in [5.74, 6) is -2.70. The topological polar surface area (TPSA) is 104 Å². The molecule has 0 aliphatic rings. The van der Waals surface area contributed by atoms with Gasteiger partial charge < -0.3 is 10.0 Å². The van der Waals surface area contributed by atoms with E-state index in [2.05, 4.69) is 0 Å². The van der Waals surface area contributed by atoms with E-state index in [1.807, 2.05) is 4.72 Å². The molecular weight excluding hydrogens is 224 g/mol. The van der Waals surface area contributed by atoms with Crippen molar-refractivity contribution in [3.63, 3.8) is 0 Å². The Labute approximate surface area is 88.1 Å². The number of carbonyl (C=O) groups excluding carboxylic acids is 1. The van der Waals surface area contributed by atoms with Gasteiger partial charge in [-0.15, -0.1) is 0 Å². The molecule has 88 valence electrons. The van der Waals surface area contributed by atoms with Crippen LogP contribution >= 0.6 is 0 Å². The lowest BCUT2D eigenvalue weighted by Crippen LogP contribution is -2.44. The molecule has 0 aromatic heterocycles. The fourth-order valence-electron chi connectivity index (χ4n) is 0.718. The van der Waals surface area contributed by atoms with E-state index in [-0.39, 0.29) is 0 Å². The van der Waals surface area contributed by atoms with Crippen LogP contribution in [0.5, 0.6) is 0 Å². The molecule has 8 heteroatoms. The summed E-state index contributed by atoms with van der Waals surface area (Å²) >= 11 is 0. The average Bonchev–Trinajstić information content (AvgIpc) is 2.14. The lowest BCUT2D eigenvalue weighted by atomic mass is 10.3. The van der Waals surface area contributed by atoms with Crippen molar-refractivity contribution in [2.75, 3.05) is 19.8 Å². The second-order valence-corrected chi connectivity index (χ2v) is 4.91. The Morgan fingerprint density at radius 3 is 2.27 bits per heavy atom. The van der Waals surface area contributed by atoms with Crippen LogP contribution in [0.2, 0.25) is 0 Å². The van der Waals surface area contributed by atoms with E-state index in [0.717, 1.165) is 4.90 Å². The third-order valence-corrected chi connectivity index (χ3v) is 3.21. The monoisotopic (exact) mass is 238 g/mol. The number of carboxylic acid groups (broad SMARTS) is 1. The van der Waals surface area contributed by atoms with Gasteiger partial charge in [-0.1, -0.05) is 0 Å². The molecule has 0 aromatic carbocycles. The lowest BCUT2D eigenvalue weighted by molar-refractivity contribution is -0.147. The van der Waals surface area contributed by atoms with Gasteiger partial charge >= 0.3 is 5.97 Å². The van der Waals surface area contributed by atoms with Crippen LogP contribution in [0, 0.1) is 0 Å². The number of likely N-dealkylation sites (N-methyl/N-ethyl adjacent to an activating group) is 1. The second kappa shape index (κ2) is 5.08. The van der Waals surface area contributed by atoms with E-state index >= 15 is 0 Å². The molecule has 0 radical (unpaired) electrons. The van der Waals surface area contributed by atoms with Crippen LogP contribution in [-0.4, -0.2) is 56.2 Å². The lowest BCUT2D eigenvalue weighted by Gasteiger charge is -2.21. The summed E-state index contributed by atoms with van der Waals surface area (Å²) < 4.78 is 24.0. The SMILES string of the molecule is CNS(=O)(=O)CC(=O)N(C)C(C)C(=O)O. The summed E-state index contributed by atoms with van der Waals surface area (Å²) in [6.07, 6.45) is 0. The average molecular weight is 238 g/mol. The molecule has 0 saturated heterocycles. The summed E-state index contributed by atoms with van der Waals surface area (Å²) in [5.41, 5.74) is 0. The van der Waals surface area contributed by atoms with Gasteiger partial charge in [0.2, 0.25) is 15.9 Å². The van der Waals surface area contributed by atoms with E-state index in [4.69, 9.17) is 5.11 Å². The first kappa shape index (κ1) is 13.8. The van der Waals surface area contributed by atoms with Gasteiger partial charge in [-0.3, -0.25) is 4.79 Å². The number of rotatable bonds is 5. The first-order valence-corrected chi connectivity index (χ1v) is 5.76. The molecule has 0 spiro atoms. The fourth-order valence-corrected chi connectivity index (χ4v) is 1.39. The van der Waals surface area contributed by atoms with Crippen LogP contribution < -0.4 is 4.72 Å². The van der Waals surface area contributed by atoms with Gasteiger partial charge in [-0.05, 0) is 14.0 Å². The number of carboxylic acids is 1. The molecule has 0 aliphatic heterocycles. The van der Waals surface area contributed by atoms with E-state index in [9.17, 15) is 18.0 Å². The van der Waals surface area contributed by atoms with Crippen LogP contribution in [0.4, 0.5) is 0 Å². The number of sulfonamides is 1. The zero-order valence-corrected chi connectivity index (χ0v) is 9.54. The van der Waals surface area contributed by atoms with Crippen molar-refractivity contribution in [2.45, 2.75) is 13.0 Å². The van der Waals surface area contributed by atoms with Gasteiger partial charge in [-0.25, -0.2) is 17.9 Å². The Morgan fingerprint density at radius 2 is 1.93 bits per heavy atom. The molecule has 1 amide bonds. The molecule has 0 heterocycles. The number of aliphatic carboxylic acids is 1. The largest absolute Gasteiger partial charge is 0.480 e. The minimum atomic E-state index is -3.66. The molecular formula is C7H14N2O5S. The number of nitrogens with zero attached hydrogens (tertiary/aromatic N) is 1. The van der Waals surface area contributed by atoms with Gasteiger partial charge in [0.1, 0.15) is 11.8 Å². The fraction of sp³-hybridized carbons (Fsp3) is 0.714. The van der Waals surface area contributed by atoms with Gasteiger partial charge in [0.05, 0.1) is 0 Å². The zero-order valence-electron chi connectivity index (χ0n) is 8.72. The Bertz CT molecular complexity index is 350. The minimum Gasteiger partial charge on any atom is -0.480 e. The van der Waals surface area contributed by atoms with E-state index < -0.39 is 33.7 Å². The molecule has 0 saturated carbocycles. The number of hydrogen-bond donors (Lipinski definition) is 2. The van der Waals surface area contributed by atoms with Crippen molar-refractivity contribution < 1.29 is 23.1 Å². The summed E-state index contributed by atoms with van der Waals surface area (Å²) in [6.45, 7) is 1.30. The van der Waals surface area contributed by atoms with Crippen LogP contribution in [0.15, 0.2) is 0 Å². The third-order valence-electron chi connectivity index (χ3n) is 1.96. The highest BCUT2D eigenvalue weighted by atomic mass is 32.2. The maximum absolute atomic E-state index is 11.3. The Morgan fingerprint density at radius 1 is 1.47 bits per heavy atom. The number of amides is 1. The highest BCUT2D eigenvalue weighted by molar-refractivity contribution is 7.90. The quantitative estimate of drug-likeness (QED) is 0.604. The predicted octanol–water partition coefficient (Wildman–Crippen LogP) is -1.53. The second-order valence-electron chi connectivity index (χ2n) is 2.98. The van der Waals surface area contributed by atoms with E-state index in [1.165, 1.54) is 21.0 Å². The molecule has 0 aromatic rings. The molecule has 0 bridgehead atoms. The summed E-state index contributed by atoms with van der Waals surface area (Å²) in [6, 6.07) is -1.05. The summed E-state index contributed by atoms with van der Waals surface area (Å²) in [5, 5.41) is 8.60. The number of hydrogen-bond acceptors (Lipinski definition) is 4. The van der Waals surface area contributed by atoms with Crippen molar-refractivity contribution in [1.82, 2.24) is 9.62 Å². The summed E-state index contributed by atoms with van der Waals surface area (Å²) in [7, 11) is -1.23. The Hall–Kier alpha value is -1.15. The summed E-state index contributed by atoms with van der Waals surface area (Å²) in [4.78, 5) is 22.7. The normalized spacial score (nSPS) is 13.3. The minimum absolute atomic E-state index is 0.752. The van der Waals surface area contributed by atoms with Crippen LogP contribution in [0.25, 0.3) is 0 Å². The molecule has 0 fully saturated rings. The highest BCUT2D eigenvalue weighted by Gasteiger charge is 2.25. The van der Waals surface area contributed by atoms with Crippen LogP contribution in [0.3, 0.4) is 0 Å². The van der Waals surface area contributed by atoms with Gasteiger partial charge in [0.25, 0.3) is 0 Å². The third kappa shape index (κ3) is 4.26. The molecule has 1 unspecified atom stereocenters. The Kier molecular flexibility index (Phi) is 4.69. The van der Waals surface area contributed by atoms with Crippen molar-refractivity contribution >= 4 is 21.9 Å². The van der Waals surface area contributed by atoms with Crippen LogP contribution in [-0.2, 0) is 19.6 Å². The Balaban J connectivity index is 4.55. The molecule has 0 aliphatic carbocycles. The number of carbonyl (C=O) groups is 2. The molecule has 15 heavy (non-hydrogen) atoms. The maximum atomic E-state index is 11.3. The van der Waals surface area contributed by atoms with Crippen LogP contribution in [0.1, 0.15) is 6.92 Å². The predicted molar refractivity (Wildman–Crippen MR) is 52.7 cm³/mol. The van der Waals surface area contributed by atoms with Gasteiger partial charge in [0.15, 0.2) is 0 Å². The standard InChI is InChI=1S/C7H14N2O5S/c1-5(7(11)12)9(3)6(10)4-15(13,14)8-2/h5,8H,4H2,1-3H3,(H,11,12). The number of nitrogens with one attached hydrogen (secondary N) is 1. The maximum Gasteiger partial charge on any atom is 0.326 e. The molecule has 1 atom stereocenters. The smallest absolute Gasteiger partial charge is 0.326 e. The molecule has 7 nitrogen and oxygen atoms in total. The first-order chi connectivity index (χ1) is 6.71. The van der Waals surface area contributed by atoms with Crippen molar-refractivity contribution in [1.29, 1.82) is 0 Å².